The monoisotopic (exact) mass is 324 g/mol. The standard InChI is InChI=1S/C15H21ClN4O2/c16-10-8-12(18-9-10)15(22)19-6-3-11(4-7-19)20-5-1-2-13(20)14(17)21/h8-9,11,13,18H,1-7H2,(H2,17,21)/t13-/m1/s1. The second-order valence-corrected chi connectivity index (χ2v) is 6.49. The van der Waals surface area contributed by atoms with Crippen LogP contribution in [0.2, 0.25) is 5.02 Å². The maximum absolute atomic E-state index is 12.4. The first kappa shape index (κ1) is 15.4. The van der Waals surface area contributed by atoms with Crippen LogP contribution in [0.25, 0.3) is 0 Å². The van der Waals surface area contributed by atoms with Crippen LogP contribution in [0.1, 0.15) is 36.2 Å². The highest BCUT2D eigenvalue weighted by molar-refractivity contribution is 6.30. The van der Waals surface area contributed by atoms with Crippen LogP contribution in [0.3, 0.4) is 0 Å². The molecule has 1 aromatic rings. The van der Waals surface area contributed by atoms with Crippen molar-refractivity contribution in [2.24, 2.45) is 5.73 Å². The van der Waals surface area contributed by atoms with Gasteiger partial charge >= 0.3 is 0 Å². The minimum Gasteiger partial charge on any atom is -0.368 e. The van der Waals surface area contributed by atoms with E-state index in [1.54, 1.807) is 12.3 Å². The van der Waals surface area contributed by atoms with Crippen molar-refractivity contribution in [3.05, 3.63) is 23.0 Å². The lowest BCUT2D eigenvalue weighted by atomic mass is 10.0. The van der Waals surface area contributed by atoms with Gasteiger partial charge in [-0.25, -0.2) is 0 Å². The molecule has 2 fully saturated rings. The number of nitrogens with one attached hydrogen (secondary N) is 1. The van der Waals surface area contributed by atoms with Gasteiger partial charge in [0.25, 0.3) is 5.91 Å². The fraction of sp³-hybridized carbons (Fsp3) is 0.600. The van der Waals surface area contributed by atoms with Crippen molar-refractivity contribution in [3.63, 3.8) is 0 Å². The fourth-order valence-electron chi connectivity index (χ4n) is 3.59. The molecule has 22 heavy (non-hydrogen) atoms. The molecule has 1 aromatic heterocycles. The molecular formula is C15H21ClN4O2. The summed E-state index contributed by atoms with van der Waals surface area (Å²) >= 11 is 5.85. The third-order valence-electron chi connectivity index (χ3n) is 4.72. The number of nitrogens with two attached hydrogens (primary N) is 1. The molecule has 7 heteroatoms. The van der Waals surface area contributed by atoms with Crippen molar-refractivity contribution in [3.8, 4) is 0 Å². The van der Waals surface area contributed by atoms with Crippen LogP contribution in [-0.2, 0) is 4.79 Å². The van der Waals surface area contributed by atoms with Gasteiger partial charge in [-0.3, -0.25) is 14.5 Å². The summed E-state index contributed by atoms with van der Waals surface area (Å²) in [5, 5.41) is 0.541. The summed E-state index contributed by atoms with van der Waals surface area (Å²) in [6, 6.07) is 1.87. The highest BCUT2D eigenvalue weighted by Crippen LogP contribution is 2.26. The number of hydrogen-bond acceptors (Lipinski definition) is 3. The SMILES string of the molecule is NC(=O)[C@H]1CCCN1C1CCN(C(=O)c2cc(Cl)c[nH]2)CC1. The smallest absolute Gasteiger partial charge is 0.270 e. The molecule has 0 aliphatic carbocycles. The van der Waals surface area contributed by atoms with Gasteiger partial charge in [-0.1, -0.05) is 11.6 Å². The van der Waals surface area contributed by atoms with Crippen LogP contribution in [0, 0.1) is 0 Å². The molecule has 2 aliphatic rings. The molecule has 6 nitrogen and oxygen atoms in total. The number of rotatable bonds is 3. The van der Waals surface area contributed by atoms with E-state index < -0.39 is 0 Å². The molecular weight excluding hydrogens is 304 g/mol. The van der Waals surface area contributed by atoms with Crippen LogP contribution < -0.4 is 5.73 Å². The summed E-state index contributed by atoms with van der Waals surface area (Å²) in [6.45, 7) is 2.32. The van der Waals surface area contributed by atoms with Gasteiger partial charge in [0.1, 0.15) is 5.69 Å². The molecule has 0 bridgehead atoms. The van der Waals surface area contributed by atoms with Crippen LogP contribution in [0.4, 0.5) is 0 Å². The number of carbonyl (C=O) groups is 2. The van der Waals surface area contributed by atoms with E-state index in [0.717, 1.165) is 32.2 Å². The van der Waals surface area contributed by atoms with E-state index in [-0.39, 0.29) is 17.9 Å². The van der Waals surface area contributed by atoms with E-state index in [9.17, 15) is 9.59 Å². The number of hydrogen-bond donors (Lipinski definition) is 2. The number of halogens is 1. The van der Waals surface area contributed by atoms with Gasteiger partial charge in [-0.2, -0.15) is 0 Å². The Balaban J connectivity index is 1.58. The van der Waals surface area contributed by atoms with Gasteiger partial charge in [0.2, 0.25) is 5.91 Å². The summed E-state index contributed by atoms with van der Waals surface area (Å²) in [4.78, 5) is 30.8. The molecule has 2 amide bonds. The Kier molecular flexibility index (Phi) is 4.40. The highest BCUT2D eigenvalue weighted by atomic mass is 35.5. The number of aromatic nitrogens is 1. The van der Waals surface area contributed by atoms with E-state index >= 15 is 0 Å². The predicted molar refractivity (Wildman–Crippen MR) is 83.7 cm³/mol. The number of nitrogens with zero attached hydrogens (tertiary/aromatic N) is 2. The van der Waals surface area contributed by atoms with E-state index in [2.05, 4.69) is 9.88 Å². The number of H-pyrrole nitrogens is 1. The van der Waals surface area contributed by atoms with Crippen molar-refractivity contribution in [1.82, 2.24) is 14.8 Å². The lowest BCUT2D eigenvalue weighted by Crippen LogP contribution is -2.51. The van der Waals surface area contributed by atoms with E-state index in [1.165, 1.54) is 0 Å². The number of piperidine rings is 1. The van der Waals surface area contributed by atoms with Crippen molar-refractivity contribution < 1.29 is 9.59 Å². The maximum atomic E-state index is 12.4. The second kappa shape index (κ2) is 6.30. The Hall–Kier alpha value is -1.53. The number of aromatic amines is 1. The zero-order valence-corrected chi connectivity index (χ0v) is 13.2. The molecule has 0 unspecified atom stereocenters. The molecule has 2 aliphatic heterocycles. The largest absolute Gasteiger partial charge is 0.368 e. The van der Waals surface area contributed by atoms with Crippen molar-refractivity contribution in [1.29, 1.82) is 0 Å². The van der Waals surface area contributed by atoms with Crippen LogP contribution in [-0.4, -0.2) is 58.3 Å². The Morgan fingerprint density at radius 1 is 1.23 bits per heavy atom. The van der Waals surface area contributed by atoms with Gasteiger partial charge in [-0.05, 0) is 38.3 Å². The fourth-order valence-corrected chi connectivity index (χ4v) is 3.76. The van der Waals surface area contributed by atoms with Crippen molar-refractivity contribution in [2.45, 2.75) is 37.8 Å². The zero-order valence-electron chi connectivity index (χ0n) is 12.4. The van der Waals surface area contributed by atoms with E-state index in [1.807, 2.05) is 4.90 Å². The van der Waals surface area contributed by atoms with Crippen molar-refractivity contribution >= 4 is 23.4 Å². The van der Waals surface area contributed by atoms with E-state index in [0.29, 0.717) is 29.8 Å². The molecule has 0 aromatic carbocycles. The molecule has 1 atom stereocenters. The molecule has 0 radical (unpaired) electrons. The molecule has 3 heterocycles. The lowest BCUT2D eigenvalue weighted by Gasteiger charge is -2.38. The topological polar surface area (TPSA) is 82.4 Å². The van der Waals surface area contributed by atoms with Crippen LogP contribution >= 0.6 is 11.6 Å². The summed E-state index contributed by atoms with van der Waals surface area (Å²) in [5.74, 6) is -0.241. The average Bonchev–Trinajstić information content (AvgIpc) is 3.15. The first-order chi connectivity index (χ1) is 10.6. The highest BCUT2D eigenvalue weighted by Gasteiger charge is 2.36. The molecule has 120 valence electrons. The molecule has 2 saturated heterocycles. The average molecular weight is 325 g/mol. The summed E-state index contributed by atoms with van der Waals surface area (Å²) in [7, 11) is 0. The Bertz CT molecular complexity index is 566. The molecule has 3 N–H and O–H groups in total. The van der Waals surface area contributed by atoms with Crippen LogP contribution in [0.5, 0.6) is 0 Å². The molecule has 3 rings (SSSR count). The third-order valence-corrected chi connectivity index (χ3v) is 4.94. The molecule has 0 spiro atoms. The van der Waals surface area contributed by atoms with E-state index in [4.69, 9.17) is 17.3 Å². The van der Waals surface area contributed by atoms with Gasteiger partial charge in [0.15, 0.2) is 0 Å². The van der Waals surface area contributed by atoms with Gasteiger partial charge in [-0.15, -0.1) is 0 Å². The first-order valence-corrected chi connectivity index (χ1v) is 8.12. The Morgan fingerprint density at radius 3 is 2.55 bits per heavy atom. The maximum Gasteiger partial charge on any atom is 0.270 e. The van der Waals surface area contributed by atoms with Gasteiger partial charge < -0.3 is 15.6 Å². The second-order valence-electron chi connectivity index (χ2n) is 6.05. The number of primary amides is 1. The van der Waals surface area contributed by atoms with Crippen LogP contribution in [0.15, 0.2) is 12.3 Å². The van der Waals surface area contributed by atoms with Gasteiger partial charge in [0, 0.05) is 25.3 Å². The van der Waals surface area contributed by atoms with Gasteiger partial charge in [0.05, 0.1) is 11.1 Å². The van der Waals surface area contributed by atoms with Crippen molar-refractivity contribution in [2.75, 3.05) is 19.6 Å². The normalized spacial score (nSPS) is 23.9. The zero-order chi connectivity index (χ0) is 15.7. The minimum atomic E-state index is -0.225. The Morgan fingerprint density at radius 2 is 1.95 bits per heavy atom. The first-order valence-electron chi connectivity index (χ1n) is 7.74. The summed E-state index contributed by atoms with van der Waals surface area (Å²) < 4.78 is 0. The lowest BCUT2D eigenvalue weighted by molar-refractivity contribution is -0.123. The Labute approximate surface area is 134 Å². The predicted octanol–water partition coefficient (Wildman–Crippen LogP) is 1.22. The minimum absolute atomic E-state index is 0.0155. The third kappa shape index (κ3) is 2.98. The molecule has 0 saturated carbocycles. The summed E-state index contributed by atoms with van der Waals surface area (Å²) in [6.07, 6.45) is 5.25. The number of likely N-dealkylation sites (tertiary alicyclic amines) is 2. The number of amides is 2. The quantitative estimate of drug-likeness (QED) is 0.877. The number of carbonyl (C=O) groups excluding carboxylic acids is 2. The summed E-state index contributed by atoms with van der Waals surface area (Å²) in [5.41, 5.74) is 6.01.